The van der Waals surface area contributed by atoms with Gasteiger partial charge in [-0.15, -0.1) is 0 Å². The van der Waals surface area contributed by atoms with Crippen LogP contribution in [0.5, 0.6) is 0 Å². The van der Waals surface area contributed by atoms with Crippen molar-refractivity contribution in [2.24, 2.45) is 35.5 Å². The molecule has 0 aromatic carbocycles. The van der Waals surface area contributed by atoms with Crippen LogP contribution in [0.3, 0.4) is 0 Å². The Bertz CT molecular complexity index is 272. The van der Waals surface area contributed by atoms with E-state index >= 15 is 0 Å². The summed E-state index contributed by atoms with van der Waals surface area (Å²) in [5.74, 6) is 5.08. The van der Waals surface area contributed by atoms with E-state index in [2.05, 4.69) is 54.5 Å². The zero-order valence-electron chi connectivity index (χ0n) is 15.7. The molecule has 0 saturated heterocycles. The Morgan fingerprint density at radius 2 is 1.65 bits per heavy atom. The molecule has 120 valence electrons. The van der Waals surface area contributed by atoms with Gasteiger partial charge in [-0.3, -0.25) is 0 Å². The van der Waals surface area contributed by atoms with Crippen LogP contribution in [0.25, 0.3) is 0 Å². The van der Waals surface area contributed by atoms with E-state index in [1.54, 1.807) is 5.57 Å². The summed E-state index contributed by atoms with van der Waals surface area (Å²) < 4.78 is 0. The molecule has 0 aromatic rings. The fraction of sp³-hybridized carbons (Fsp3) is 0.900. The summed E-state index contributed by atoms with van der Waals surface area (Å²) in [6.45, 7) is 20.8. The maximum Gasteiger partial charge on any atom is -0.0203 e. The third-order valence-corrected chi connectivity index (χ3v) is 5.22. The Morgan fingerprint density at radius 1 is 1.10 bits per heavy atom. The van der Waals surface area contributed by atoms with Crippen LogP contribution >= 0.6 is 0 Å². The zero-order valence-corrected chi connectivity index (χ0v) is 15.7. The van der Waals surface area contributed by atoms with Gasteiger partial charge in [-0.25, -0.2) is 0 Å². The van der Waals surface area contributed by atoms with Crippen LogP contribution in [0.4, 0.5) is 0 Å². The van der Waals surface area contributed by atoms with Gasteiger partial charge in [0.1, 0.15) is 0 Å². The third kappa shape index (κ3) is 5.26. The Balaban J connectivity index is 0.00000172. The van der Waals surface area contributed by atoms with Crippen molar-refractivity contribution in [3.63, 3.8) is 0 Å². The SMILES string of the molecule is CC.CCC(C(C)C)C1CC=C(CC(C)C)C(C)C1C. The van der Waals surface area contributed by atoms with Gasteiger partial charge in [0.15, 0.2) is 0 Å². The third-order valence-electron chi connectivity index (χ3n) is 5.22. The summed E-state index contributed by atoms with van der Waals surface area (Å²) in [7, 11) is 0. The fourth-order valence-electron chi connectivity index (χ4n) is 3.97. The van der Waals surface area contributed by atoms with Crippen LogP contribution in [-0.2, 0) is 0 Å². The highest BCUT2D eigenvalue weighted by atomic mass is 14.4. The molecule has 0 saturated carbocycles. The Kier molecular flexibility index (Phi) is 9.51. The van der Waals surface area contributed by atoms with Crippen LogP contribution in [0, 0.1) is 35.5 Å². The lowest BCUT2D eigenvalue weighted by atomic mass is 9.65. The van der Waals surface area contributed by atoms with Crippen molar-refractivity contribution in [3.8, 4) is 0 Å². The Labute approximate surface area is 129 Å². The second-order valence-electron chi connectivity index (χ2n) is 7.24. The topological polar surface area (TPSA) is 0 Å². The zero-order chi connectivity index (χ0) is 15.9. The van der Waals surface area contributed by atoms with E-state index in [1.807, 2.05) is 13.8 Å². The van der Waals surface area contributed by atoms with Gasteiger partial charge in [0, 0.05) is 0 Å². The molecule has 0 heterocycles. The smallest absolute Gasteiger partial charge is 0.0203 e. The maximum absolute atomic E-state index is 2.58. The predicted octanol–water partition coefficient (Wildman–Crippen LogP) is 6.96. The molecule has 0 amide bonds. The first-order valence-electron chi connectivity index (χ1n) is 9.07. The first-order valence-corrected chi connectivity index (χ1v) is 9.07. The van der Waals surface area contributed by atoms with Crippen LogP contribution in [0.2, 0.25) is 0 Å². The predicted molar refractivity (Wildman–Crippen MR) is 93.9 cm³/mol. The molecule has 0 bridgehead atoms. The minimum atomic E-state index is 0.791. The molecule has 1 aliphatic rings. The second kappa shape index (κ2) is 9.64. The average molecular weight is 281 g/mol. The lowest BCUT2D eigenvalue weighted by Crippen LogP contribution is -2.32. The van der Waals surface area contributed by atoms with Crippen molar-refractivity contribution >= 4 is 0 Å². The fourth-order valence-corrected chi connectivity index (χ4v) is 3.97. The molecule has 0 aliphatic heterocycles. The van der Waals surface area contributed by atoms with Crippen molar-refractivity contribution in [3.05, 3.63) is 11.6 Å². The molecule has 4 atom stereocenters. The summed E-state index contributed by atoms with van der Waals surface area (Å²) in [5.41, 5.74) is 1.73. The molecule has 0 spiro atoms. The maximum atomic E-state index is 2.58. The second-order valence-corrected chi connectivity index (χ2v) is 7.24. The van der Waals surface area contributed by atoms with E-state index in [-0.39, 0.29) is 0 Å². The molecular formula is C20H40. The van der Waals surface area contributed by atoms with E-state index in [1.165, 1.54) is 19.3 Å². The first kappa shape index (κ1) is 19.7. The molecule has 4 unspecified atom stereocenters. The van der Waals surface area contributed by atoms with Gasteiger partial charge in [-0.1, -0.05) is 80.4 Å². The standard InChI is InChI=1S/C18H34.C2H6/c1-8-17(13(4)5)18-10-9-16(11-12(2)3)14(6)15(18)7;1-2/h9,12-15,17-18H,8,10-11H2,1-7H3;1-2H3. The van der Waals surface area contributed by atoms with Crippen LogP contribution in [0.15, 0.2) is 11.6 Å². The molecular weight excluding hydrogens is 240 g/mol. The van der Waals surface area contributed by atoms with Crippen molar-refractivity contribution in [2.45, 2.75) is 81.6 Å². The van der Waals surface area contributed by atoms with Crippen molar-refractivity contribution in [1.82, 2.24) is 0 Å². The summed E-state index contributed by atoms with van der Waals surface area (Å²) in [4.78, 5) is 0. The summed E-state index contributed by atoms with van der Waals surface area (Å²) in [6, 6.07) is 0. The number of hydrogen-bond donors (Lipinski definition) is 0. The van der Waals surface area contributed by atoms with Crippen molar-refractivity contribution in [2.75, 3.05) is 0 Å². The van der Waals surface area contributed by atoms with E-state index in [0.717, 1.165) is 35.5 Å². The van der Waals surface area contributed by atoms with Crippen LogP contribution in [-0.4, -0.2) is 0 Å². The molecule has 0 N–H and O–H groups in total. The molecule has 1 aliphatic carbocycles. The van der Waals surface area contributed by atoms with E-state index in [9.17, 15) is 0 Å². The Morgan fingerprint density at radius 3 is 2.05 bits per heavy atom. The molecule has 0 heteroatoms. The van der Waals surface area contributed by atoms with E-state index in [4.69, 9.17) is 0 Å². The van der Waals surface area contributed by atoms with Gasteiger partial charge in [0.05, 0.1) is 0 Å². The van der Waals surface area contributed by atoms with Gasteiger partial charge in [0.25, 0.3) is 0 Å². The lowest BCUT2D eigenvalue weighted by Gasteiger charge is -2.41. The van der Waals surface area contributed by atoms with Crippen LogP contribution in [0.1, 0.15) is 81.6 Å². The summed E-state index contributed by atoms with van der Waals surface area (Å²) in [6.07, 6.45) is 6.55. The molecule has 0 nitrogen and oxygen atoms in total. The lowest BCUT2D eigenvalue weighted by molar-refractivity contribution is 0.142. The molecule has 0 fully saturated rings. The Hall–Kier alpha value is -0.260. The quantitative estimate of drug-likeness (QED) is 0.477. The highest BCUT2D eigenvalue weighted by Gasteiger charge is 2.34. The van der Waals surface area contributed by atoms with Crippen LogP contribution < -0.4 is 0 Å². The molecule has 20 heavy (non-hydrogen) atoms. The number of rotatable bonds is 5. The largest absolute Gasteiger partial charge is 0.0847 e. The van der Waals surface area contributed by atoms with Gasteiger partial charge in [0.2, 0.25) is 0 Å². The van der Waals surface area contributed by atoms with Crippen molar-refractivity contribution in [1.29, 1.82) is 0 Å². The molecule has 1 rings (SSSR count). The highest BCUT2D eigenvalue weighted by molar-refractivity contribution is 5.13. The summed E-state index contributed by atoms with van der Waals surface area (Å²) in [5, 5.41) is 0. The summed E-state index contributed by atoms with van der Waals surface area (Å²) >= 11 is 0. The van der Waals surface area contributed by atoms with E-state index < -0.39 is 0 Å². The van der Waals surface area contributed by atoms with Gasteiger partial charge in [-0.05, 0) is 48.3 Å². The minimum Gasteiger partial charge on any atom is -0.0847 e. The average Bonchev–Trinajstić information content (AvgIpc) is 2.40. The van der Waals surface area contributed by atoms with Gasteiger partial charge >= 0.3 is 0 Å². The molecule has 0 radical (unpaired) electrons. The monoisotopic (exact) mass is 280 g/mol. The van der Waals surface area contributed by atoms with Crippen molar-refractivity contribution < 1.29 is 0 Å². The molecule has 0 aromatic heterocycles. The van der Waals surface area contributed by atoms with Gasteiger partial charge in [-0.2, -0.15) is 0 Å². The first-order chi connectivity index (χ1) is 9.38. The minimum absolute atomic E-state index is 0.791. The van der Waals surface area contributed by atoms with Gasteiger partial charge < -0.3 is 0 Å². The number of allylic oxidation sites excluding steroid dienone is 2. The number of hydrogen-bond acceptors (Lipinski definition) is 0. The normalized spacial score (nSPS) is 27.9. The van der Waals surface area contributed by atoms with E-state index in [0.29, 0.717) is 0 Å². The highest BCUT2D eigenvalue weighted by Crippen LogP contribution is 2.43.